The molecule has 0 aliphatic carbocycles. The van der Waals surface area contributed by atoms with Gasteiger partial charge in [-0.3, -0.25) is 4.90 Å². The maximum Gasteiger partial charge on any atom is 0.226 e. The molecule has 0 aromatic carbocycles. The van der Waals surface area contributed by atoms with Crippen molar-refractivity contribution in [3.63, 3.8) is 0 Å². The van der Waals surface area contributed by atoms with Crippen molar-refractivity contribution in [1.82, 2.24) is 15.0 Å². The first-order valence-corrected chi connectivity index (χ1v) is 7.79. The molecule has 1 aromatic rings. The van der Waals surface area contributed by atoms with Crippen LogP contribution in [-0.4, -0.2) is 41.3 Å². The maximum absolute atomic E-state index is 5.64. The summed E-state index contributed by atoms with van der Waals surface area (Å²) in [6.07, 6.45) is 3.17. The summed E-state index contributed by atoms with van der Waals surface area (Å²) in [5.74, 6) is 2.78. The Hall–Kier alpha value is -0.940. The lowest BCUT2D eigenvalue weighted by Gasteiger charge is -2.13. The van der Waals surface area contributed by atoms with Crippen LogP contribution in [0.2, 0.25) is 0 Å². The van der Waals surface area contributed by atoms with Crippen LogP contribution in [0.15, 0.2) is 4.52 Å². The molecule has 2 rings (SSSR count). The van der Waals surface area contributed by atoms with E-state index in [1.54, 1.807) is 0 Å². The number of aromatic nitrogens is 2. The predicted octanol–water partition coefficient (Wildman–Crippen LogP) is 2.52. The third-order valence-electron chi connectivity index (χ3n) is 3.53. The van der Waals surface area contributed by atoms with Crippen molar-refractivity contribution in [1.29, 1.82) is 0 Å². The standard InChI is InChI=1S/C15H27N3O2/c1-4-7-19-11-13-5-6-18(9-13)10-14-16-15(20-17-14)8-12(2)3/h12-13H,4-11H2,1-3H3/t13-/m0/s1. The smallest absolute Gasteiger partial charge is 0.226 e. The van der Waals surface area contributed by atoms with Crippen molar-refractivity contribution in [2.45, 2.75) is 46.6 Å². The van der Waals surface area contributed by atoms with Gasteiger partial charge in [0.1, 0.15) is 0 Å². The summed E-state index contributed by atoms with van der Waals surface area (Å²) in [6.45, 7) is 11.2. The highest BCUT2D eigenvalue weighted by atomic mass is 16.5. The van der Waals surface area contributed by atoms with Crippen LogP contribution < -0.4 is 0 Å². The molecular formula is C15H27N3O2. The summed E-state index contributed by atoms with van der Waals surface area (Å²) in [4.78, 5) is 6.86. The van der Waals surface area contributed by atoms with Gasteiger partial charge in [-0.05, 0) is 31.2 Å². The highest BCUT2D eigenvalue weighted by molar-refractivity contribution is 4.89. The molecule has 1 aliphatic heterocycles. The van der Waals surface area contributed by atoms with E-state index in [1.807, 2.05) is 0 Å². The van der Waals surface area contributed by atoms with Gasteiger partial charge in [0.2, 0.25) is 5.89 Å². The number of rotatable bonds is 8. The number of nitrogens with zero attached hydrogens (tertiary/aromatic N) is 3. The van der Waals surface area contributed by atoms with Crippen LogP contribution in [0.4, 0.5) is 0 Å². The number of hydrogen-bond donors (Lipinski definition) is 0. The molecule has 0 N–H and O–H groups in total. The summed E-state index contributed by atoms with van der Waals surface area (Å²) in [7, 11) is 0. The average molecular weight is 281 g/mol. The fraction of sp³-hybridized carbons (Fsp3) is 0.867. The van der Waals surface area contributed by atoms with Gasteiger partial charge in [0.25, 0.3) is 0 Å². The van der Waals surface area contributed by atoms with Gasteiger partial charge in [0.05, 0.1) is 13.2 Å². The molecule has 1 aromatic heterocycles. The second-order valence-corrected chi connectivity index (χ2v) is 6.17. The SMILES string of the molecule is CCCOC[C@H]1CCN(Cc2noc(CC(C)C)n2)C1. The minimum absolute atomic E-state index is 0.551. The van der Waals surface area contributed by atoms with E-state index in [-0.39, 0.29) is 0 Å². The Morgan fingerprint density at radius 2 is 2.30 bits per heavy atom. The van der Waals surface area contributed by atoms with E-state index in [0.717, 1.165) is 57.4 Å². The van der Waals surface area contributed by atoms with Crippen molar-refractivity contribution >= 4 is 0 Å². The first-order chi connectivity index (χ1) is 9.67. The second kappa shape index (κ2) is 7.74. The molecule has 0 spiro atoms. The molecule has 0 saturated carbocycles. The van der Waals surface area contributed by atoms with Crippen LogP contribution in [0, 0.1) is 11.8 Å². The molecule has 0 radical (unpaired) electrons. The zero-order valence-electron chi connectivity index (χ0n) is 13.0. The maximum atomic E-state index is 5.64. The molecule has 20 heavy (non-hydrogen) atoms. The van der Waals surface area contributed by atoms with E-state index >= 15 is 0 Å². The van der Waals surface area contributed by atoms with Gasteiger partial charge in [-0.2, -0.15) is 4.98 Å². The van der Waals surface area contributed by atoms with Crippen molar-refractivity contribution in [2.24, 2.45) is 11.8 Å². The van der Waals surface area contributed by atoms with Gasteiger partial charge in [0.15, 0.2) is 5.82 Å². The van der Waals surface area contributed by atoms with Gasteiger partial charge in [-0.15, -0.1) is 0 Å². The molecule has 1 fully saturated rings. The Balaban J connectivity index is 1.73. The molecule has 0 amide bonds. The molecule has 5 heteroatoms. The Kier molecular flexibility index (Phi) is 5.98. The van der Waals surface area contributed by atoms with E-state index in [9.17, 15) is 0 Å². The van der Waals surface area contributed by atoms with Crippen molar-refractivity contribution in [3.05, 3.63) is 11.7 Å². The molecule has 114 valence electrons. The fourth-order valence-electron chi connectivity index (χ4n) is 2.57. The zero-order valence-corrected chi connectivity index (χ0v) is 13.0. The highest BCUT2D eigenvalue weighted by Crippen LogP contribution is 2.18. The van der Waals surface area contributed by atoms with E-state index in [4.69, 9.17) is 9.26 Å². The number of likely N-dealkylation sites (tertiary alicyclic amines) is 1. The number of hydrogen-bond acceptors (Lipinski definition) is 5. The summed E-state index contributed by atoms with van der Waals surface area (Å²) in [6, 6.07) is 0. The van der Waals surface area contributed by atoms with E-state index < -0.39 is 0 Å². The number of ether oxygens (including phenoxy) is 1. The Morgan fingerprint density at radius 3 is 3.05 bits per heavy atom. The van der Waals surface area contributed by atoms with Gasteiger partial charge in [-0.1, -0.05) is 25.9 Å². The van der Waals surface area contributed by atoms with Gasteiger partial charge in [-0.25, -0.2) is 0 Å². The van der Waals surface area contributed by atoms with Gasteiger partial charge in [0, 0.05) is 19.6 Å². The van der Waals surface area contributed by atoms with Gasteiger partial charge < -0.3 is 9.26 Å². The second-order valence-electron chi connectivity index (χ2n) is 6.17. The van der Waals surface area contributed by atoms with Crippen LogP contribution in [0.3, 0.4) is 0 Å². The Bertz CT molecular complexity index is 392. The Morgan fingerprint density at radius 1 is 1.45 bits per heavy atom. The van der Waals surface area contributed by atoms with E-state index in [2.05, 4.69) is 35.8 Å². The highest BCUT2D eigenvalue weighted by Gasteiger charge is 2.24. The fourth-order valence-corrected chi connectivity index (χ4v) is 2.57. The molecule has 0 unspecified atom stereocenters. The molecular weight excluding hydrogens is 254 g/mol. The van der Waals surface area contributed by atoms with Crippen LogP contribution in [-0.2, 0) is 17.7 Å². The molecule has 5 nitrogen and oxygen atoms in total. The van der Waals surface area contributed by atoms with Crippen LogP contribution in [0.25, 0.3) is 0 Å². The first-order valence-electron chi connectivity index (χ1n) is 7.79. The third-order valence-corrected chi connectivity index (χ3v) is 3.53. The summed E-state index contributed by atoms with van der Waals surface area (Å²) in [5.41, 5.74) is 0. The van der Waals surface area contributed by atoms with Crippen molar-refractivity contribution in [3.8, 4) is 0 Å². The lowest BCUT2D eigenvalue weighted by atomic mass is 10.1. The summed E-state index contributed by atoms with van der Waals surface area (Å²) in [5, 5.41) is 4.07. The minimum atomic E-state index is 0.551. The largest absolute Gasteiger partial charge is 0.381 e. The average Bonchev–Trinajstić information content (AvgIpc) is 3.00. The zero-order chi connectivity index (χ0) is 14.4. The quantitative estimate of drug-likeness (QED) is 0.685. The van der Waals surface area contributed by atoms with Gasteiger partial charge >= 0.3 is 0 Å². The molecule has 0 bridgehead atoms. The lowest BCUT2D eigenvalue weighted by Crippen LogP contribution is -2.22. The first kappa shape index (κ1) is 15.4. The lowest BCUT2D eigenvalue weighted by molar-refractivity contribution is 0.101. The van der Waals surface area contributed by atoms with Crippen molar-refractivity contribution in [2.75, 3.05) is 26.3 Å². The monoisotopic (exact) mass is 281 g/mol. The molecule has 1 saturated heterocycles. The topological polar surface area (TPSA) is 51.4 Å². The summed E-state index contributed by atoms with van der Waals surface area (Å²) >= 11 is 0. The predicted molar refractivity (Wildman–Crippen MR) is 77.3 cm³/mol. The molecule has 1 atom stereocenters. The van der Waals surface area contributed by atoms with Crippen molar-refractivity contribution < 1.29 is 9.26 Å². The van der Waals surface area contributed by atoms with Crippen LogP contribution in [0.1, 0.15) is 45.3 Å². The Labute approximate surface area is 121 Å². The normalized spacial score (nSPS) is 20.1. The third kappa shape index (κ3) is 4.87. The van der Waals surface area contributed by atoms with E-state index in [1.165, 1.54) is 6.42 Å². The summed E-state index contributed by atoms with van der Waals surface area (Å²) < 4.78 is 10.9. The van der Waals surface area contributed by atoms with Crippen LogP contribution in [0.5, 0.6) is 0 Å². The van der Waals surface area contributed by atoms with E-state index in [0.29, 0.717) is 11.8 Å². The molecule has 1 aliphatic rings. The minimum Gasteiger partial charge on any atom is -0.381 e. The van der Waals surface area contributed by atoms with Crippen LogP contribution >= 0.6 is 0 Å². The molecule has 2 heterocycles.